The second kappa shape index (κ2) is 9.81. The Kier molecular flexibility index (Phi) is 8.08. The third kappa shape index (κ3) is 7.33. The summed E-state index contributed by atoms with van der Waals surface area (Å²) in [5.41, 5.74) is 1.90. The molecule has 0 bridgehead atoms. The summed E-state index contributed by atoms with van der Waals surface area (Å²) in [6.45, 7) is 8.16. The number of hydrogen-bond donors (Lipinski definition) is 2. The Morgan fingerprint density at radius 1 is 1.21 bits per heavy atom. The summed E-state index contributed by atoms with van der Waals surface area (Å²) in [4.78, 5) is 33.9. The summed E-state index contributed by atoms with van der Waals surface area (Å²) < 4.78 is 33.6. The van der Waals surface area contributed by atoms with Crippen LogP contribution in [0.3, 0.4) is 0 Å². The van der Waals surface area contributed by atoms with Gasteiger partial charge in [0.15, 0.2) is 0 Å². The minimum absolute atomic E-state index is 0.0273. The first kappa shape index (κ1) is 23.1. The Morgan fingerprint density at radius 2 is 1.75 bits per heavy atom. The van der Waals surface area contributed by atoms with Crippen LogP contribution >= 0.6 is 0 Å². The summed E-state index contributed by atoms with van der Waals surface area (Å²) in [5.74, 6) is -1.19. The van der Waals surface area contributed by atoms with Gasteiger partial charge in [-0.1, -0.05) is 0 Å². The smallest absolute Gasteiger partial charge is 0.475 e. The summed E-state index contributed by atoms with van der Waals surface area (Å²) in [5, 5.41) is 10.0. The lowest BCUT2D eigenvalue weighted by Crippen LogP contribution is -2.32. The number of amides is 1. The maximum absolute atomic E-state index is 12.1. The van der Waals surface area contributed by atoms with E-state index in [0.29, 0.717) is 13.0 Å². The van der Waals surface area contributed by atoms with Crippen LogP contribution in [0.4, 0.5) is 13.2 Å². The Hall–Kier alpha value is -2.98. The Morgan fingerprint density at radius 3 is 2.18 bits per heavy atom. The van der Waals surface area contributed by atoms with E-state index >= 15 is 0 Å². The van der Waals surface area contributed by atoms with Crippen molar-refractivity contribution in [3.8, 4) is 0 Å². The van der Waals surface area contributed by atoms with Gasteiger partial charge in [-0.3, -0.25) is 4.79 Å². The number of aromatic nitrogens is 4. The van der Waals surface area contributed by atoms with Crippen LogP contribution in [0.1, 0.15) is 36.0 Å². The average Bonchev–Trinajstić information content (AvgIpc) is 2.98. The second-order valence-electron chi connectivity index (χ2n) is 5.97. The van der Waals surface area contributed by atoms with E-state index in [1.165, 1.54) is 0 Å². The molecule has 11 heteroatoms. The van der Waals surface area contributed by atoms with E-state index in [0.717, 1.165) is 23.0 Å². The van der Waals surface area contributed by atoms with Gasteiger partial charge in [0.05, 0.1) is 0 Å². The van der Waals surface area contributed by atoms with Crippen molar-refractivity contribution < 1.29 is 27.9 Å². The molecule has 0 spiro atoms. The van der Waals surface area contributed by atoms with Crippen LogP contribution < -0.4 is 5.32 Å². The fourth-order valence-corrected chi connectivity index (χ4v) is 2.28. The standard InChI is InChI=1S/C15H21N5O.C2HF3O2/c1-10-9-11(2)19-14(18-10)5-6-17-15(21)12(3)20-8-7-16-13(20)4;3-2(4,5)1(6)7/h7-9,12H,5-6H2,1-4H3,(H,17,21);(H,6,7). The third-order valence-corrected chi connectivity index (χ3v) is 3.58. The number of nitrogens with zero attached hydrogens (tertiary/aromatic N) is 4. The van der Waals surface area contributed by atoms with E-state index in [1.54, 1.807) is 6.20 Å². The molecule has 1 unspecified atom stereocenters. The molecule has 0 aliphatic rings. The molecule has 0 aliphatic heterocycles. The number of carbonyl (C=O) groups is 2. The van der Waals surface area contributed by atoms with Gasteiger partial charge in [-0.15, -0.1) is 0 Å². The minimum atomic E-state index is -5.08. The summed E-state index contributed by atoms with van der Waals surface area (Å²) in [6, 6.07) is 1.67. The Bertz CT molecular complexity index is 800. The lowest BCUT2D eigenvalue weighted by atomic mass is 10.3. The van der Waals surface area contributed by atoms with Crippen molar-refractivity contribution in [3.05, 3.63) is 41.5 Å². The highest BCUT2D eigenvalue weighted by Gasteiger charge is 2.38. The number of imidazole rings is 1. The van der Waals surface area contributed by atoms with Gasteiger partial charge >= 0.3 is 12.1 Å². The third-order valence-electron chi connectivity index (χ3n) is 3.58. The average molecular weight is 401 g/mol. The molecular formula is C17H22F3N5O3. The number of halogens is 3. The van der Waals surface area contributed by atoms with E-state index in [1.807, 2.05) is 44.5 Å². The first-order valence-corrected chi connectivity index (χ1v) is 8.30. The van der Waals surface area contributed by atoms with Crippen molar-refractivity contribution in [2.24, 2.45) is 0 Å². The van der Waals surface area contributed by atoms with Gasteiger partial charge in [-0.05, 0) is 33.8 Å². The van der Waals surface area contributed by atoms with Gasteiger partial charge in [-0.2, -0.15) is 13.2 Å². The van der Waals surface area contributed by atoms with Crippen molar-refractivity contribution in [2.45, 2.75) is 46.3 Å². The highest BCUT2D eigenvalue weighted by atomic mass is 19.4. The molecule has 1 atom stereocenters. The van der Waals surface area contributed by atoms with E-state index < -0.39 is 12.1 Å². The summed E-state index contributed by atoms with van der Waals surface area (Å²) in [7, 11) is 0. The molecule has 0 aromatic carbocycles. The normalized spacial score (nSPS) is 12.0. The van der Waals surface area contributed by atoms with Crippen LogP contribution in [0.25, 0.3) is 0 Å². The monoisotopic (exact) mass is 401 g/mol. The lowest BCUT2D eigenvalue weighted by Gasteiger charge is -2.15. The maximum Gasteiger partial charge on any atom is 0.490 e. The number of aryl methyl sites for hydroxylation is 3. The maximum atomic E-state index is 12.1. The molecule has 8 nitrogen and oxygen atoms in total. The quantitative estimate of drug-likeness (QED) is 0.795. The number of carboxylic acid groups (broad SMARTS) is 1. The molecule has 0 fully saturated rings. The highest BCUT2D eigenvalue weighted by Crippen LogP contribution is 2.13. The van der Waals surface area contributed by atoms with Crippen molar-refractivity contribution in [3.63, 3.8) is 0 Å². The fourth-order valence-electron chi connectivity index (χ4n) is 2.28. The topological polar surface area (TPSA) is 110 Å². The van der Waals surface area contributed by atoms with Crippen molar-refractivity contribution in [2.75, 3.05) is 6.54 Å². The molecule has 2 N–H and O–H groups in total. The van der Waals surface area contributed by atoms with Crippen molar-refractivity contribution in [1.29, 1.82) is 0 Å². The summed E-state index contributed by atoms with van der Waals surface area (Å²) in [6.07, 6.45) is -0.945. The lowest BCUT2D eigenvalue weighted by molar-refractivity contribution is -0.192. The van der Waals surface area contributed by atoms with Gasteiger partial charge in [-0.25, -0.2) is 19.7 Å². The van der Waals surface area contributed by atoms with Crippen LogP contribution in [-0.2, 0) is 16.0 Å². The van der Waals surface area contributed by atoms with E-state index in [9.17, 15) is 18.0 Å². The Labute approximate surface area is 159 Å². The first-order valence-electron chi connectivity index (χ1n) is 8.30. The van der Waals surface area contributed by atoms with Crippen LogP contribution in [0.5, 0.6) is 0 Å². The zero-order chi connectivity index (χ0) is 21.5. The zero-order valence-corrected chi connectivity index (χ0v) is 15.9. The molecule has 1 amide bonds. The molecule has 0 saturated heterocycles. The minimum Gasteiger partial charge on any atom is -0.475 e. The number of rotatable bonds is 5. The van der Waals surface area contributed by atoms with Gasteiger partial charge in [0.2, 0.25) is 5.91 Å². The molecule has 2 aromatic heterocycles. The van der Waals surface area contributed by atoms with Crippen molar-refractivity contribution in [1.82, 2.24) is 24.8 Å². The summed E-state index contributed by atoms with van der Waals surface area (Å²) >= 11 is 0. The molecule has 154 valence electrons. The molecule has 2 rings (SSSR count). The van der Waals surface area contributed by atoms with Gasteiger partial charge in [0.25, 0.3) is 0 Å². The largest absolute Gasteiger partial charge is 0.490 e. The van der Waals surface area contributed by atoms with Crippen LogP contribution in [-0.4, -0.2) is 49.2 Å². The molecule has 0 radical (unpaired) electrons. The first-order chi connectivity index (χ1) is 12.9. The van der Waals surface area contributed by atoms with Crippen LogP contribution in [0, 0.1) is 20.8 Å². The highest BCUT2D eigenvalue weighted by molar-refractivity contribution is 5.79. The van der Waals surface area contributed by atoms with Gasteiger partial charge in [0.1, 0.15) is 17.7 Å². The SMILES string of the molecule is Cc1cc(C)nc(CCNC(=O)C(C)n2ccnc2C)n1.O=C(O)C(F)(F)F. The van der Waals surface area contributed by atoms with Gasteiger partial charge in [0, 0.05) is 36.7 Å². The molecule has 2 heterocycles. The molecule has 0 aliphatic carbocycles. The Balaban J connectivity index is 0.000000480. The molecule has 2 aromatic rings. The van der Waals surface area contributed by atoms with E-state index in [-0.39, 0.29) is 11.9 Å². The second-order valence-corrected chi connectivity index (χ2v) is 5.97. The van der Waals surface area contributed by atoms with Crippen molar-refractivity contribution >= 4 is 11.9 Å². The van der Waals surface area contributed by atoms with Gasteiger partial charge < -0.3 is 15.0 Å². The van der Waals surface area contributed by atoms with E-state index in [4.69, 9.17) is 9.90 Å². The number of hydrogen-bond acceptors (Lipinski definition) is 5. The fraction of sp³-hybridized carbons (Fsp3) is 0.471. The number of aliphatic carboxylic acids is 1. The van der Waals surface area contributed by atoms with E-state index in [2.05, 4.69) is 20.3 Å². The number of alkyl halides is 3. The number of carbonyl (C=O) groups excluding carboxylic acids is 1. The number of nitrogens with one attached hydrogen (secondary N) is 1. The number of carboxylic acids is 1. The zero-order valence-electron chi connectivity index (χ0n) is 15.9. The van der Waals surface area contributed by atoms with Crippen LogP contribution in [0.15, 0.2) is 18.5 Å². The molecule has 28 heavy (non-hydrogen) atoms. The molecule has 0 saturated carbocycles. The molecular weight excluding hydrogens is 379 g/mol. The predicted molar refractivity (Wildman–Crippen MR) is 93.6 cm³/mol. The van der Waals surface area contributed by atoms with Crippen LogP contribution in [0.2, 0.25) is 0 Å². The predicted octanol–water partition coefficient (Wildman–Crippen LogP) is 2.15.